The number of aryl methyl sites for hydroxylation is 1. The van der Waals surface area contributed by atoms with E-state index in [-0.39, 0.29) is 5.91 Å². The Morgan fingerprint density at radius 3 is 2.88 bits per heavy atom. The number of anilines is 2. The molecule has 0 saturated heterocycles. The Hall–Kier alpha value is -1.55. The van der Waals surface area contributed by atoms with Crippen molar-refractivity contribution in [3.8, 4) is 0 Å². The van der Waals surface area contributed by atoms with Gasteiger partial charge in [-0.05, 0) is 18.6 Å². The third-order valence-electron chi connectivity index (χ3n) is 3.26. The van der Waals surface area contributed by atoms with Gasteiger partial charge in [-0.1, -0.05) is 12.1 Å². The van der Waals surface area contributed by atoms with Crippen LogP contribution in [0.5, 0.6) is 0 Å². The van der Waals surface area contributed by atoms with Crippen LogP contribution < -0.4 is 15.5 Å². The van der Waals surface area contributed by atoms with E-state index in [0.29, 0.717) is 13.0 Å². The molecule has 2 rings (SSSR count). The van der Waals surface area contributed by atoms with Gasteiger partial charge in [0, 0.05) is 33.1 Å². The van der Waals surface area contributed by atoms with Crippen LogP contribution in [0, 0.1) is 6.92 Å². The first kappa shape index (κ1) is 11.9. The van der Waals surface area contributed by atoms with Crippen molar-refractivity contribution in [3.05, 3.63) is 23.8 Å². The molecule has 2 N–H and O–H groups in total. The van der Waals surface area contributed by atoms with Gasteiger partial charge in [0.25, 0.3) is 0 Å². The molecule has 0 spiro atoms. The molecular weight excluding hydrogens is 214 g/mol. The average molecular weight is 233 g/mol. The quantitative estimate of drug-likeness (QED) is 0.833. The summed E-state index contributed by atoms with van der Waals surface area (Å²) in [6.07, 6.45) is 0.546. The Bertz CT molecular complexity index is 431. The summed E-state index contributed by atoms with van der Waals surface area (Å²) < 4.78 is 0. The highest BCUT2D eigenvalue weighted by Crippen LogP contribution is 2.34. The van der Waals surface area contributed by atoms with Gasteiger partial charge in [-0.25, -0.2) is 0 Å². The average Bonchev–Trinajstić information content (AvgIpc) is 2.43. The zero-order chi connectivity index (χ0) is 12.4. The van der Waals surface area contributed by atoms with Crippen LogP contribution in [0.25, 0.3) is 0 Å². The van der Waals surface area contributed by atoms with Crippen LogP contribution in [0.15, 0.2) is 18.2 Å². The summed E-state index contributed by atoms with van der Waals surface area (Å²) >= 11 is 0. The van der Waals surface area contributed by atoms with E-state index >= 15 is 0 Å². The lowest BCUT2D eigenvalue weighted by molar-refractivity contribution is -0.118. The summed E-state index contributed by atoms with van der Waals surface area (Å²) in [6.45, 7) is 4.22. The van der Waals surface area contributed by atoms with Crippen molar-refractivity contribution < 1.29 is 4.79 Å². The van der Waals surface area contributed by atoms with Crippen LogP contribution in [-0.4, -0.2) is 32.6 Å². The molecule has 1 amide bonds. The van der Waals surface area contributed by atoms with Gasteiger partial charge < -0.3 is 15.5 Å². The lowest BCUT2D eigenvalue weighted by atomic mass is 10.1. The monoisotopic (exact) mass is 233 g/mol. The molecule has 4 heteroatoms. The number of nitrogens with zero attached hydrogens (tertiary/aromatic N) is 2. The summed E-state index contributed by atoms with van der Waals surface area (Å²) in [5.74, 6) is 0.163. The first-order valence-corrected chi connectivity index (χ1v) is 5.96. The van der Waals surface area contributed by atoms with Gasteiger partial charge in [-0.3, -0.25) is 4.79 Å². The summed E-state index contributed by atoms with van der Waals surface area (Å²) in [5.41, 5.74) is 8.97. The second-order valence-corrected chi connectivity index (χ2v) is 4.42. The fourth-order valence-electron chi connectivity index (χ4n) is 2.35. The molecule has 4 nitrogen and oxygen atoms in total. The van der Waals surface area contributed by atoms with Crippen LogP contribution in [0.2, 0.25) is 0 Å². The van der Waals surface area contributed by atoms with Crippen molar-refractivity contribution in [1.82, 2.24) is 0 Å². The zero-order valence-corrected chi connectivity index (χ0v) is 10.4. The van der Waals surface area contributed by atoms with Crippen molar-refractivity contribution in [2.45, 2.75) is 13.3 Å². The number of para-hydroxylation sites is 1. The summed E-state index contributed by atoms with van der Waals surface area (Å²) in [5, 5.41) is 0. The number of hydrogen-bond donors (Lipinski definition) is 1. The Kier molecular flexibility index (Phi) is 3.33. The summed E-state index contributed by atoms with van der Waals surface area (Å²) in [6, 6.07) is 6.06. The number of fused-ring (bicyclic) bond motifs is 1. The second kappa shape index (κ2) is 4.75. The van der Waals surface area contributed by atoms with Crippen molar-refractivity contribution in [2.24, 2.45) is 5.73 Å². The molecule has 0 aliphatic carbocycles. The molecular formula is C13H19N3O. The minimum atomic E-state index is 0.163. The van der Waals surface area contributed by atoms with Crippen LogP contribution in [-0.2, 0) is 4.79 Å². The van der Waals surface area contributed by atoms with Crippen molar-refractivity contribution in [3.63, 3.8) is 0 Å². The molecule has 0 saturated carbocycles. The van der Waals surface area contributed by atoms with E-state index in [9.17, 15) is 4.79 Å². The van der Waals surface area contributed by atoms with Gasteiger partial charge in [-0.15, -0.1) is 0 Å². The lowest BCUT2D eigenvalue weighted by Gasteiger charge is -2.26. The molecule has 0 radical (unpaired) electrons. The van der Waals surface area contributed by atoms with Crippen molar-refractivity contribution in [2.75, 3.05) is 36.5 Å². The Balaban J connectivity index is 2.51. The van der Waals surface area contributed by atoms with Gasteiger partial charge >= 0.3 is 0 Å². The fourth-order valence-corrected chi connectivity index (χ4v) is 2.35. The van der Waals surface area contributed by atoms with Gasteiger partial charge in [0.2, 0.25) is 5.91 Å². The number of rotatable bonds is 2. The molecule has 0 atom stereocenters. The van der Waals surface area contributed by atoms with E-state index in [1.54, 1.807) is 4.90 Å². The molecule has 0 bridgehead atoms. The van der Waals surface area contributed by atoms with Crippen LogP contribution >= 0.6 is 0 Å². The number of nitrogens with two attached hydrogens (primary N) is 1. The molecule has 1 aliphatic heterocycles. The molecule has 17 heavy (non-hydrogen) atoms. The van der Waals surface area contributed by atoms with Crippen LogP contribution in [0.3, 0.4) is 0 Å². The Labute approximate surface area is 102 Å². The number of benzene rings is 1. The number of hydrogen-bond acceptors (Lipinski definition) is 3. The van der Waals surface area contributed by atoms with E-state index in [4.69, 9.17) is 5.73 Å². The Morgan fingerprint density at radius 2 is 2.18 bits per heavy atom. The third-order valence-corrected chi connectivity index (χ3v) is 3.26. The first-order chi connectivity index (χ1) is 8.15. The van der Waals surface area contributed by atoms with E-state index in [0.717, 1.165) is 24.5 Å². The van der Waals surface area contributed by atoms with Crippen molar-refractivity contribution >= 4 is 17.3 Å². The molecule has 0 aromatic heterocycles. The smallest absolute Gasteiger partial charge is 0.228 e. The predicted octanol–water partition coefficient (Wildman–Crippen LogP) is 1.13. The molecule has 0 fully saturated rings. The maximum absolute atomic E-state index is 11.9. The standard InChI is InChI=1S/C13H19N3O/c1-10-4-3-5-11-13(10)16(9-7-14)8-6-12(17)15(11)2/h3-5H,6-9,14H2,1-2H3. The van der Waals surface area contributed by atoms with Crippen LogP contribution in [0.4, 0.5) is 11.4 Å². The topological polar surface area (TPSA) is 49.6 Å². The molecule has 1 aromatic carbocycles. The van der Waals surface area contributed by atoms with Gasteiger partial charge in [0.1, 0.15) is 0 Å². The van der Waals surface area contributed by atoms with E-state index in [1.165, 1.54) is 5.56 Å². The molecule has 92 valence electrons. The summed E-state index contributed by atoms with van der Waals surface area (Å²) in [7, 11) is 1.84. The second-order valence-electron chi connectivity index (χ2n) is 4.42. The van der Waals surface area contributed by atoms with Gasteiger partial charge in [0.05, 0.1) is 11.4 Å². The molecule has 1 heterocycles. The predicted molar refractivity (Wildman–Crippen MR) is 70.5 cm³/mol. The minimum absolute atomic E-state index is 0.163. The molecule has 1 aliphatic rings. The SMILES string of the molecule is Cc1cccc2c1N(CCN)CCC(=O)N2C. The van der Waals surface area contributed by atoms with Crippen molar-refractivity contribution in [1.29, 1.82) is 0 Å². The number of carbonyl (C=O) groups excluding carboxylic acids is 1. The van der Waals surface area contributed by atoms with Gasteiger partial charge in [0.15, 0.2) is 0 Å². The maximum atomic E-state index is 11.9. The maximum Gasteiger partial charge on any atom is 0.228 e. The zero-order valence-electron chi connectivity index (χ0n) is 10.4. The first-order valence-electron chi connectivity index (χ1n) is 5.96. The number of carbonyl (C=O) groups is 1. The highest BCUT2D eigenvalue weighted by atomic mass is 16.2. The fraction of sp³-hybridized carbons (Fsp3) is 0.462. The van der Waals surface area contributed by atoms with E-state index in [1.807, 2.05) is 19.2 Å². The largest absolute Gasteiger partial charge is 0.368 e. The Morgan fingerprint density at radius 1 is 1.41 bits per heavy atom. The number of amides is 1. The third kappa shape index (κ3) is 2.13. The molecule has 0 unspecified atom stereocenters. The normalized spacial score (nSPS) is 15.8. The highest BCUT2D eigenvalue weighted by Gasteiger charge is 2.24. The molecule has 1 aromatic rings. The highest BCUT2D eigenvalue weighted by molar-refractivity contribution is 5.98. The van der Waals surface area contributed by atoms with E-state index < -0.39 is 0 Å². The lowest BCUT2D eigenvalue weighted by Crippen LogP contribution is -2.30. The van der Waals surface area contributed by atoms with E-state index in [2.05, 4.69) is 17.9 Å². The van der Waals surface area contributed by atoms with Crippen LogP contribution in [0.1, 0.15) is 12.0 Å². The van der Waals surface area contributed by atoms with Gasteiger partial charge in [-0.2, -0.15) is 0 Å². The minimum Gasteiger partial charge on any atom is -0.368 e. The summed E-state index contributed by atoms with van der Waals surface area (Å²) in [4.78, 5) is 15.9.